The van der Waals surface area contributed by atoms with Crippen LogP contribution in [0.15, 0.2) is 47.4 Å². The summed E-state index contributed by atoms with van der Waals surface area (Å²) >= 11 is 11.5. The lowest BCUT2D eigenvalue weighted by molar-refractivity contribution is 0.112. The van der Waals surface area contributed by atoms with Crippen LogP contribution in [0.1, 0.15) is 10.4 Å². The van der Waals surface area contributed by atoms with Gasteiger partial charge in [-0.3, -0.25) is 9.52 Å². The molecule has 0 bridgehead atoms. The molecule has 0 aromatic heterocycles. The van der Waals surface area contributed by atoms with E-state index in [2.05, 4.69) is 4.72 Å². The number of rotatable bonds is 4. The largest absolute Gasteiger partial charge is 0.298 e. The predicted molar refractivity (Wildman–Crippen MR) is 79.1 cm³/mol. The fourth-order valence-electron chi connectivity index (χ4n) is 1.49. The van der Waals surface area contributed by atoms with Gasteiger partial charge in [-0.05, 0) is 42.5 Å². The molecule has 0 atom stereocenters. The Kier molecular flexibility index (Phi) is 4.32. The summed E-state index contributed by atoms with van der Waals surface area (Å²) in [5.41, 5.74) is 0.809. The highest BCUT2D eigenvalue weighted by Gasteiger charge is 2.15. The molecule has 2 aromatic carbocycles. The topological polar surface area (TPSA) is 63.2 Å². The summed E-state index contributed by atoms with van der Waals surface area (Å²) in [7, 11) is -3.75. The van der Waals surface area contributed by atoms with Crippen LogP contribution in [-0.2, 0) is 10.0 Å². The van der Waals surface area contributed by atoms with Crippen molar-refractivity contribution in [2.45, 2.75) is 4.90 Å². The van der Waals surface area contributed by atoms with Crippen molar-refractivity contribution in [3.05, 3.63) is 58.1 Å². The monoisotopic (exact) mass is 329 g/mol. The minimum atomic E-state index is -3.75. The van der Waals surface area contributed by atoms with Crippen molar-refractivity contribution in [1.82, 2.24) is 0 Å². The van der Waals surface area contributed by atoms with Gasteiger partial charge in [-0.15, -0.1) is 0 Å². The number of hydrogen-bond donors (Lipinski definition) is 1. The molecule has 0 aliphatic rings. The Morgan fingerprint density at radius 1 is 0.950 bits per heavy atom. The normalized spacial score (nSPS) is 11.1. The SMILES string of the molecule is O=Cc1ccc(NS(=O)(=O)c2ccc(Cl)c(Cl)c2)cc1. The molecule has 0 aliphatic heterocycles. The average Bonchev–Trinajstić information content (AvgIpc) is 2.42. The van der Waals surface area contributed by atoms with Gasteiger partial charge in [0.2, 0.25) is 0 Å². The highest BCUT2D eigenvalue weighted by atomic mass is 35.5. The molecule has 20 heavy (non-hydrogen) atoms. The molecular weight excluding hydrogens is 321 g/mol. The molecule has 2 rings (SSSR count). The van der Waals surface area contributed by atoms with Gasteiger partial charge in [0, 0.05) is 11.3 Å². The molecule has 0 amide bonds. The van der Waals surface area contributed by atoms with Crippen molar-refractivity contribution in [3.63, 3.8) is 0 Å². The van der Waals surface area contributed by atoms with Gasteiger partial charge in [0.15, 0.2) is 0 Å². The number of halogens is 2. The lowest BCUT2D eigenvalue weighted by atomic mass is 10.2. The fraction of sp³-hybridized carbons (Fsp3) is 0. The van der Waals surface area contributed by atoms with E-state index in [0.29, 0.717) is 17.5 Å². The first kappa shape index (κ1) is 14.8. The van der Waals surface area contributed by atoms with Crippen LogP contribution in [0.2, 0.25) is 10.0 Å². The molecule has 4 nitrogen and oxygen atoms in total. The number of sulfonamides is 1. The summed E-state index contributed by atoms with van der Waals surface area (Å²) in [5, 5.41) is 0.437. The number of hydrogen-bond acceptors (Lipinski definition) is 3. The van der Waals surface area contributed by atoms with Gasteiger partial charge in [0.05, 0.1) is 14.9 Å². The third-order valence-corrected chi connectivity index (χ3v) is 4.62. The first-order valence-electron chi connectivity index (χ1n) is 5.45. The average molecular weight is 330 g/mol. The summed E-state index contributed by atoms with van der Waals surface area (Å²) in [5.74, 6) is 0. The lowest BCUT2D eigenvalue weighted by Gasteiger charge is -2.08. The van der Waals surface area contributed by atoms with Gasteiger partial charge >= 0.3 is 0 Å². The van der Waals surface area contributed by atoms with Gasteiger partial charge in [0.1, 0.15) is 6.29 Å². The van der Waals surface area contributed by atoms with Crippen molar-refractivity contribution in [3.8, 4) is 0 Å². The molecule has 7 heteroatoms. The number of benzene rings is 2. The van der Waals surface area contributed by atoms with Crippen molar-refractivity contribution in [2.75, 3.05) is 4.72 Å². The van der Waals surface area contributed by atoms with E-state index in [1.165, 1.54) is 42.5 Å². The van der Waals surface area contributed by atoms with Crippen LogP contribution in [0.5, 0.6) is 0 Å². The maximum atomic E-state index is 12.1. The van der Waals surface area contributed by atoms with Crippen molar-refractivity contribution in [2.24, 2.45) is 0 Å². The quantitative estimate of drug-likeness (QED) is 0.871. The highest BCUT2D eigenvalue weighted by Crippen LogP contribution is 2.26. The Morgan fingerprint density at radius 3 is 2.15 bits per heavy atom. The minimum Gasteiger partial charge on any atom is -0.298 e. The molecule has 0 radical (unpaired) electrons. The van der Waals surface area contributed by atoms with E-state index < -0.39 is 10.0 Å². The number of anilines is 1. The number of nitrogens with one attached hydrogen (secondary N) is 1. The van der Waals surface area contributed by atoms with E-state index in [4.69, 9.17) is 23.2 Å². The Morgan fingerprint density at radius 2 is 1.60 bits per heavy atom. The van der Waals surface area contributed by atoms with Crippen LogP contribution in [0, 0.1) is 0 Å². The summed E-state index contributed by atoms with van der Waals surface area (Å²) in [4.78, 5) is 10.5. The number of aldehydes is 1. The molecule has 0 unspecified atom stereocenters. The number of carbonyl (C=O) groups is 1. The van der Waals surface area contributed by atoms with Gasteiger partial charge in [-0.2, -0.15) is 0 Å². The molecule has 0 saturated heterocycles. The second kappa shape index (κ2) is 5.83. The summed E-state index contributed by atoms with van der Waals surface area (Å²) < 4.78 is 26.7. The van der Waals surface area contributed by atoms with Crippen LogP contribution in [0.4, 0.5) is 5.69 Å². The molecule has 0 spiro atoms. The summed E-state index contributed by atoms with van der Waals surface area (Å²) in [6.07, 6.45) is 0.678. The van der Waals surface area contributed by atoms with E-state index in [9.17, 15) is 13.2 Å². The summed E-state index contributed by atoms with van der Waals surface area (Å²) in [6.45, 7) is 0. The summed E-state index contributed by atoms with van der Waals surface area (Å²) in [6, 6.07) is 10.1. The molecule has 0 heterocycles. The molecular formula is C13H9Cl2NO3S. The number of carbonyl (C=O) groups excluding carboxylic acids is 1. The first-order chi connectivity index (χ1) is 9.42. The van der Waals surface area contributed by atoms with Gasteiger partial charge in [-0.25, -0.2) is 8.42 Å². The smallest absolute Gasteiger partial charge is 0.261 e. The molecule has 104 valence electrons. The van der Waals surface area contributed by atoms with E-state index in [1.54, 1.807) is 0 Å². The maximum absolute atomic E-state index is 12.1. The zero-order valence-electron chi connectivity index (χ0n) is 10.0. The Bertz CT molecular complexity index is 743. The standard InChI is InChI=1S/C13H9Cl2NO3S/c14-12-6-5-11(7-13(12)15)20(18,19)16-10-3-1-9(8-17)2-4-10/h1-8,16H. The van der Waals surface area contributed by atoms with E-state index in [0.717, 1.165) is 0 Å². The highest BCUT2D eigenvalue weighted by molar-refractivity contribution is 7.92. The van der Waals surface area contributed by atoms with Crippen LogP contribution < -0.4 is 4.72 Å². The van der Waals surface area contributed by atoms with Crippen LogP contribution >= 0.6 is 23.2 Å². The zero-order chi connectivity index (χ0) is 14.8. The fourth-order valence-corrected chi connectivity index (χ4v) is 2.94. The van der Waals surface area contributed by atoms with Crippen molar-refractivity contribution < 1.29 is 13.2 Å². The molecule has 2 aromatic rings. The van der Waals surface area contributed by atoms with E-state index in [1.807, 2.05) is 0 Å². The maximum Gasteiger partial charge on any atom is 0.261 e. The Labute approximate surface area is 126 Å². The van der Waals surface area contributed by atoms with Crippen LogP contribution in [-0.4, -0.2) is 14.7 Å². The molecule has 0 fully saturated rings. The van der Waals surface area contributed by atoms with Gasteiger partial charge in [0.25, 0.3) is 10.0 Å². The van der Waals surface area contributed by atoms with E-state index in [-0.39, 0.29) is 14.9 Å². The van der Waals surface area contributed by atoms with Gasteiger partial charge < -0.3 is 0 Å². The molecule has 0 aliphatic carbocycles. The lowest BCUT2D eigenvalue weighted by Crippen LogP contribution is -2.12. The van der Waals surface area contributed by atoms with Gasteiger partial charge in [-0.1, -0.05) is 23.2 Å². The van der Waals surface area contributed by atoms with Crippen LogP contribution in [0.3, 0.4) is 0 Å². The molecule has 1 N–H and O–H groups in total. The zero-order valence-corrected chi connectivity index (χ0v) is 12.3. The Balaban J connectivity index is 2.30. The Hall–Kier alpha value is -1.56. The molecule has 0 saturated carbocycles. The first-order valence-corrected chi connectivity index (χ1v) is 7.69. The second-order valence-electron chi connectivity index (χ2n) is 3.92. The van der Waals surface area contributed by atoms with E-state index >= 15 is 0 Å². The second-order valence-corrected chi connectivity index (χ2v) is 6.42. The van der Waals surface area contributed by atoms with Crippen molar-refractivity contribution >= 4 is 45.2 Å². The van der Waals surface area contributed by atoms with Crippen LogP contribution in [0.25, 0.3) is 0 Å². The van der Waals surface area contributed by atoms with Crippen molar-refractivity contribution in [1.29, 1.82) is 0 Å². The third kappa shape index (κ3) is 3.30. The predicted octanol–water partition coefficient (Wildman–Crippen LogP) is 3.61. The minimum absolute atomic E-state index is 0.00589. The third-order valence-electron chi connectivity index (χ3n) is 2.50.